The quantitative estimate of drug-likeness (QED) is 0.797. The van der Waals surface area contributed by atoms with Crippen LogP contribution in [0.15, 0.2) is 6.20 Å². The molecule has 2 N–H and O–H groups in total. The Morgan fingerprint density at radius 2 is 2.29 bits per heavy atom. The van der Waals surface area contributed by atoms with E-state index < -0.39 is 0 Å². The standard InChI is InChI=1S/C11H19N3/c1-9-8-14(13-10(9)12)7-3-4-11(2)5-6-11/h8H,3-7H2,1-2H3,(H2,12,13). The summed E-state index contributed by atoms with van der Waals surface area (Å²) in [5, 5.41) is 4.24. The number of anilines is 1. The van der Waals surface area contributed by atoms with Crippen LogP contribution >= 0.6 is 0 Å². The van der Waals surface area contributed by atoms with E-state index in [1.807, 2.05) is 17.8 Å². The Morgan fingerprint density at radius 3 is 2.79 bits per heavy atom. The highest BCUT2D eigenvalue weighted by atomic mass is 15.3. The minimum absolute atomic E-state index is 0.660. The van der Waals surface area contributed by atoms with E-state index in [0.717, 1.165) is 12.1 Å². The first kappa shape index (κ1) is 9.56. The summed E-state index contributed by atoms with van der Waals surface area (Å²) in [6.45, 7) is 5.38. The first-order chi connectivity index (χ1) is 6.59. The second-order valence-electron chi connectivity index (χ2n) is 4.87. The molecule has 1 aliphatic rings. The van der Waals surface area contributed by atoms with Gasteiger partial charge >= 0.3 is 0 Å². The normalized spacial score (nSPS) is 18.4. The summed E-state index contributed by atoms with van der Waals surface area (Å²) in [6, 6.07) is 0. The fraction of sp³-hybridized carbons (Fsp3) is 0.727. The zero-order valence-electron chi connectivity index (χ0n) is 9.08. The van der Waals surface area contributed by atoms with E-state index in [0.29, 0.717) is 11.2 Å². The first-order valence-electron chi connectivity index (χ1n) is 5.39. The summed E-state index contributed by atoms with van der Waals surface area (Å²) in [4.78, 5) is 0. The van der Waals surface area contributed by atoms with Crippen molar-refractivity contribution in [3.8, 4) is 0 Å². The smallest absolute Gasteiger partial charge is 0.148 e. The Kier molecular flexibility index (Phi) is 2.25. The second-order valence-corrected chi connectivity index (χ2v) is 4.87. The predicted octanol–water partition coefficient (Wildman–Crippen LogP) is 2.35. The molecule has 78 valence electrons. The van der Waals surface area contributed by atoms with Crippen LogP contribution in [0.4, 0.5) is 5.82 Å². The lowest BCUT2D eigenvalue weighted by atomic mass is 10.0. The maximum absolute atomic E-state index is 5.68. The average molecular weight is 193 g/mol. The van der Waals surface area contributed by atoms with Crippen LogP contribution in [0.2, 0.25) is 0 Å². The van der Waals surface area contributed by atoms with Crippen LogP contribution in [0.5, 0.6) is 0 Å². The van der Waals surface area contributed by atoms with Gasteiger partial charge in [0.15, 0.2) is 0 Å². The van der Waals surface area contributed by atoms with Gasteiger partial charge in [-0.25, -0.2) is 0 Å². The van der Waals surface area contributed by atoms with Crippen LogP contribution in [-0.2, 0) is 6.54 Å². The number of nitrogens with two attached hydrogens (primary N) is 1. The molecule has 0 spiro atoms. The van der Waals surface area contributed by atoms with Crippen molar-refractivity contribution in [3.05, 3.63) is 11.8 Å². The molecule has 1 aromatic heterocycles. The summed E-state index contributed by atoms with van der Waals surface area (Å²) >= 11 is 0. The van der Waals surface area contributed by atoms with Crippen molar-refractivity contribution in [2.24, 2.45) is 5.41 Å². The summed E-state index contributed by atoms with van der Waals surface area (Å²) in [6.07, 6.45) is 7.40. The van der Waals surface area contributed by atoms with Crippen molar-refractivity contribution in [1.29, 1.82) is 0 Å². The van der Waals surface area contributed by atoms with Gasteiger partial charge in [-0.2, -0.15) is 5.10 Å². The number of rotatable bonds is 4. The third-order valence-electron chi connectivity index (χ3n) is 3.25. The van der Waals surface area contributed by atoms with Crippen molar-refractivity contribution in [3.63, 3.8) is 0 Å². The Balaban J connectivity index is 1.80. The van der Waals surface area contributed by atoms with Crippen LogP contribution in [0.3, 0.4) is 0 Å². The molecule has 3 nitrogen and oxygen atoms in total. The fourth-order valence-electron chi connectivity index (χ4n) is 1.78. The highest BCUT2D eigenvalue weighted by Gasteiger charge is 2.36. The minimum Gasteiger partial charge on any atom is -0.382 e. The molecule has 0 amide bonds. The summed E-state index contributed by atoms with van der Waals surface area (Å²) < 4.78 is 1.97. The number of hydrogen-bond donors (Lipinski definition) is 1. The van der Waals surface area contributed by atoms with E-state index in [4.69, 9.17) is 5.73 Å². The summed E-state index contributed by atoms with van der Waals surface area (Å²) in [5.74, 6) is 0.669. The summed E-state index contributed by atoms with van der Waals surface area (Å²) in [7, 11) is 0. The molecule has 0 bridgehead atoms. The SMILES string of the molecule is Cc1cn(CCCC2(C)CC2)nc1N. The fourth-order valence-corrected chi connectivity index (χ4v) is 1.78. The number of hydrogen-bond acceptors (Lipinski definition) is 2. The van der Waals surface area contributed by atoms with Gasteiger partial charge in [-0.05, 0) is 38.0 Å². The molecule has 0 aliphatic heterocycles. The molecule has 0 atom stereocenters. The van der Waals surface area contributed by atoms with E-state index in [-0.39, 0.29) is 0 Å². The molecule has 14 heavy (non-hydrogen) atoms. The molecule has 3 heteroatoms. The molecule has 2 rings (SSSR count). The van der Waals surface area contributed by atoms with E-state index in [1.54, 1.807) is 0 Å². The van der Waals surface area contributed by atoms with Crippen LogP contribution in [0.1, 0.15) is 38.2 Å². The van der Waals surface area contributed by atoms with E-state index >= 15 is 0 Å². The van der Waals surface area contributed by atoms with E-state index in [1.165, 1.54) is 25.7 Å². The van der Waals surface area contributed by atoms with Gasteiger partial charge in [0.1, 0.15) is 5.82 Å². The lowest BCUT2D eigenvalue weighted by molar-refractivity contribution is 0.451. The predicted molar refractivity (Wildman–Crippen MR) is 58.0 cm³/mol. The van der Waals surface area contributed by atoms with Crippen LogP contribution in [-0.4, -0.2) is 9.78 Å². The van der Waals surface area contributed by atoms with Crippen LogP contribution < -0.4 is 5.73 Å². The van der Waals surface area contributed by atoms with Gasteiger partial charge in [-0.1, -0.05) is 6.92 Å². The molecule has 0 aromatic carbocycles. The average Bonchev–Trinajstić information content (AvgIpc) is 2.75. The Morgan fingerprint density at radius 1 is 1.57 bits per heavy atom. The third kappa shape index (κ3) is 2.08. The van der Waals surface area contributed by atoms with Gasteiger partial charge in [0.05, 0.1) is 0 Å². The number of aryl methyl sites for hydroxylation is 2. The van der Waals surface area contributed by atoms with Gasteiger partial charge in [0.2, 0.25) is 0 Å². The molecule has 1 saturated carbocycles. The Hall–Kier alpha value is -0.990. The monoisotopic (exact) mass is 193 g/mol. The van der Waals surface area contributed by atoms with E-state index in [2.05, 4.69) is 12.0 Å². The number of nitrogen functional groups attached to an aromatic ring is 1. The highest BCUT2D eigenvalue weighted by Crippen LogP contribution is 2.48. The summed E-state index contributed by atoms with van der Waals surface area (Å²) in [5.41, 5.74) is 7.42. The third-order valence-corrected chi connectivity index (χ3v) is 3.25. The van der Waals surface area contributed by atoms with Crippen molar-refractivity contribution in [2.75, 3.05) is 5.73 Å². The molecule has 0 radical (unpaired) electrons. The van der Waals surface area contributed by atoms with Crippen molar-refractivity contribution in [1.82, 2.24) is 9.78 Å². The van der Waals surface area contributed by atoms with Gasteiger partial charge in [0.25, 0.3) is 0 Å². The molecule has 1 fully saturated rings. The first-order valence-corrected chi connectivity index (χ1v) is 5.39. The Labute approximate surface area is 85.3 Å². The zero-order chi connectivity index (χ0) is 10.2. The molecular formula is C11H19N3. The van der Waals surface area contributed by atoms with Crippen LogP contribution in [0.25, 0.3) is 0 Å². The molecule has 0 saturated heterocycles. The van der Waals surface area contributed by atoms with Gasteiger partial charge in [0, 0.05) is 18.3 Å². The van der Waals surface area contributed by atoms with Gasteiger partial charge < -0.3 is 5.73 Å². The maximum Gasteiger partial charge on any atom is 0.148 e. The van der Waals surface area contributed by atoms with Crippen molar-refractivity contribution in [2.45, 2.75) is 46.1 Å². The van der Waals surface area contributed by atoms with Gasteiger partial charge in [-0.15, -0.1) is 0 Å². The van der Waals surface area contributed by atoms with Gasteiger partial charge in [-0.3, -0.25) is 4.68 Å². The lowest BCUT2D eigenvalue weighted by Crippen LogP contribution is -2.02. The molecule has 1 aliphatic carbocycles. The molecule has 1 heterocycles. The molecular weight excluding hydrogens is 174 g/mol. The topological polar surface area (TPSA) is 43.8 Å². The molecule has 0 unspecified atom stereocenters. The molecule has 1 aromatic rings. The van der Waals surface area contributed by atoms with Crippen molar-refractivity contribution < 1.29 is 0 Å². The maximum atomic E-state index is 5.68. The Bertz CT molecular complexity index is 304. The van der Waals surface area contributed by atoms with Crippen molar-refractivity contribution >= 4 is 5.82 Å². The zero-order valence-corrected chi connectivity index (χ0v) is 9.08. The highest BCUT2D eigenvalue weighted by molar-refractivity contribution is 5.35. The second kappa shape index (κ2) is 3.30. The number of nitrogens with zero attached hydrogens (tertiary/aromatic N) is 2. The van der Waals surface area contributed by atoms with Crippen LogP contribution in [0, 0.1) is 12.3 Å². The lowest BCUT2D eigenvalue weighted by Gasteiger charge is -2.06. The van der Waals surface area contributed by atoms with E-state index in [9.17, 15) is 0 Å². The number of aromatic nitrogens is 2. The largest absolute Gasteiger partial charge is 0.382 e. The minimum atomic E-state index is 0.660.